The molecule has 5 heteroatoms. The maximum Gasteiger partial charge on any atom is 0.328 e. The van der Waals surface area contributed by atoms with Gasteiger partial charge in [0, 0.05) is 18.4 Å². The smallest absolute Gasteiger partial charge is 0.328 e. The van der Waals surface area contributed by atoms with Crippen LogP contribution in [0.2, 0.25) is 5.02 Å². The maximum atomic E-state index is 11.5. The van der Waals surface area contributed by atoms with Crippen molar-refractivity contribution in [3.8, 4) is 0 Å². The highest BCUT2D eigenvalue weighted by Gasteiger charge is 2.20. The van der Waals surface area contributed by atoms with Gasteiger partial charge in [0.05, 0.1) is 7.11 Å². The molecule has 1 unspecified atom stereocenters. The van der Waals surface area contributed by atoms with Crippen LogP contribution in [0.25, 0.3) is 0 Å². The summed E-state index contributed by atoms with van der Waals surface area (Å²) in [5, 5.41) is 3.17. The van der Waals surface area contributed by atoms with Gasteiger partial charge in [0.15, 0.2) is 0 Å². The molecule has 0 bridgehead atoms. The van der Waals surface area contributed by atoms with Crippen LogP contribution in [0.15, 0.2) is 24.3 Å². The second-order valence-corrected chi connectivity index (χ2v) is 4.04. The molecule has 17 heavy (non-hydrogen) atoms. The number of benzene rings is 1. The molecule has 0 saturated heterocycles. The molecule has 0 aliphatic heterocycles. The number of halogens is 1. The summed E-state index contributed by atoms with van der Waals surface area (Å²) in [5.74, 6) is -0.732. The number of amides is 1. The molecule has 1 aromatic carbocycles. The molecule has 0 radical (unpaired) electrons. The highest BCUT2D eigenvalue weighted by Crippen LogP contribution is 2.11. The topological polar surface area (TPSA) is 55.4 Å². The third kappa shape index (κ3) is 4.44. The lowest BCUT2D eigenvalue weighted by atomic mass is 10.1. The van der Waals surface area contributed by atoms with E-state index in [2.05, 4.69) is 10.1 Å². The van der Waals surface area contributed by atoms with Crippen molar-refractivity contribution in [2.24, 2.45) is 0 Å². The van der Waals surface area contributed by atoms with E-state index in [1.807, 2.05) is 0 Å². The normalized spacial score (nSPS) is 11.7. The minimum absolute atomic E-state index is 0.269. The molecule has 0 aliphatic carbocycles. The molecule has 1 N–H and O–H groups in total. The largest absolute Gasteiger partial charge is 0.467 e. The Kier molecular flexibility index (Phi) is 4.97. The first kappa shape index (κ1) is 13.5. The average Bonchev–Trinajstić information content (AvgIpc) is 2.29. The fraction of sp³-hybridized carbons (Fsp3) is 0.333. The van der Waals surface area contributed by atoms with Crippen molar-refractivity contribution in [1.82, 2.24) is 5.32 Å². The molecule has 0 spiro atoms. The van der Waals surface area contributed by atoms with E-state index < -0.39 is 12.0 Å². The summed E-state index contributed by atoms with van der Waals surface area (Å²) in [6, 6.07) is 6.41. The van der Waals surface area contributed by atoms with Gasteiger partial charge in [-0.15, -0.1) is 0 Å². The highest BCUT2D eigenvalue weighted by molar-refractivity contribution is 6.30. The van der Waals surface area contributed by atoms with Gasteiger partial charge in [0.1, 0.15) is 6.04 Å². The van der Waals surface area contributed by atoms with Gasteiger partial charge in [-0.3, -0.25) is 4.79 Å². The highest BCUT2D eigenvalue weighted by atomic mass is 35.5. The van der Waals surface area contributed by atoms with Crippen LogP contribution in [0.4, 0.5) is 0 Å². The van der Waals surface area contributed by atoms with Gasteiger partial charge in [0.25, 0.3) is 0 Å². The molecule has 1 rings (SSSR count). The average molecular weight is 256 g/mol. The summed E-state index contributed by atoms with van der Waals surface area (Å²) in [5.41, 5.74) is 0.901. The number of hydrogen-bond donors (Lipinski definition) is 1. The standard InChI is InChI=1S/C12H14ClNO3/c1-8(15)14-11(12(16)17-2)7-9-3-5-10(13)6-4-9/h3-6,11H,7H2,1-2H3,(H,14,15). The minimum Gasteiger partial charge on any atom is -0.467 e. The van der Waals surface area contributed by atoms with Crippen LogP contribution in [-0.4, -0.2) is 25.0 Å². The number of methoxy groups -OCH3 is 1. The van der Waals surface area contributed by atoms with E-state index in [1.54, 1.807) is 24.3 Å². The Bertz CT molecular complexity index is 403. The van der Waals surface area contributed by atoms with E-state index in [4.69, 9.17) is 11.6 Å². The third-order valence-electron chi connectivity index (χ3n) is 2.22. The Morgan fingerprint density at radius 1 is 1.35 bits per heavy atom. The zero-order valence-electron chi connectivity index (χ0n) is 9.70. The van der Waals surface area contributed by atoms with E-state index in [1.165, 1.54) is 14.0 Å². The summed E-state index contributed by atoms with van der Waals surface area (Å²) in [6.45, 7) is 1.36. The molecule has 1 amide bonds. The Labute approximate surface area is 105 Å². The lowest BCUT2D eigenvalue weighted by molar-refractivity contribution is -0.144. The predicted octanol–water partition coefficient (Wildman–Crippen LogP) is 1.56. The zero-order chi connectivity index (χ0) is 12.8. The first-order valence-corrected chi connectivity index (χ1v) is 5.50. The van der Waals surface area contributed by atoms with Gasteiger partial charge in [-0.05, 0) is 17.7 Å². The molecule has 92 valence electrons. The van der Waals surface area contributed by atoms with Crippen LogP contribution < -0.4 is 5.32 Å². The molecule has 0 aromatic heterocycles. The Hall–Kier alpha value is -1.55. The van der Waals surface area contributed by atoms with Gasteiger partial charge < -0.3 is 10.1 Å². The molecule has 0 heterocycles. The van der Waals surface area contributed by atoms with Crippen molar-refractivity contribution in [2.45, 2.75) is 19.4 Å². The van der Waals surface area contributed by atoms with Gasteiger partial charge in [-0.2, -0.15) is 0 Å². The molecule has 0 aliphatic rings. The van der Waals surface area contributed by atoms with Crippen LogP contribution >= 0.6 is 11.6 Å². The van der Waals surface area contributed by atoms with E-state index in [-0.39, 0.29) is 5.91 Å². The van der Waals surface area contributed by atoms with Crippen molar-refractivity contribution in [3.05, 3.63) is 34.9 Å². The maximum absolute atomic E-state index is 11.5. The SMILES string of the molecule is COC(=O)C(Cc1ccc(Cl)cc1)NC(C)=O. The predicted molar refractivity (Wildman–Crippen MR) is 64.8 cm³/mol. The number of carbonyl (C=O) groups is 2. The molecule has 1 atom stereocenters. The molecule has 0 saturated carbocycles. The van der Waals surface area contributed by atoms with Gasteiger partial charge in [-0.25, -0.2) is 4.79 Å². The summed E-state index contributed by atoms with van der Waals surface area (Å²) >= 11 is 5.76. The van der Waals surface area contributed by atoms with E-state index >= 15 is 0 Å². The van der Waals surface area contributed by atoms with Crippen molar-refractivity contribution in [3.63, 3.8) is 0 Å². The fourth-order valence-corrected chi connectivity index (χ4v) is 1.56. The number of hydrogen-bond acceptors (Lipinski definition) is 3. The van der Waals surface area contributed by atoms with Gasteiger partial charge in [0.2, 0.25) is 5.91 Å². The zero-order valence-corrected chi connectivity index (χ0v) is 10.5. The molecule has 1 aromatic rings. The summed E-state index contributed by atoms with van der Waals surface area (Å²) in [7, 11) is 1.29. The van der Waals surface area contributed by atoms with Crippen LogP contribution in [0.3, 0.4) is 0 Å². The first-order valence-electron chi connectivity index (χ1n) is 5.12. The molecule has 0 fully saturated rings. The Morgan fingerprint density at radius 3 is 2.41 bits per heavy atom. The van der Waals surface area contributed by atoms with Gasteiger partial charge in [-0.1, -0.05) is 23.7 Å². The number of nitrogens with one attached hydrogen (secondary N) is 1. The number of carbonyl (C=O) groups excluding carboxylic acids is 2. The van der Waals surface area contributed by atoms with Crippen LogP contribution in [0.5, 0.6) is 0 Å². The summed E-state index contributed by atoms with van der Waals surface area (Å²) in [6.07, 6.45) is 0.378. The second-order valence-electron chi connectivity index (χ2n) is 3.61. The Balaban J connectivity index is 2.75. The molecular formula is C12H14ClNO3. The minimum atomic E-state index is -0.668. The quantitative estimate of drug-likeness (QED) is 0.831. The van der Waals surface area contributed by atoms with E-state index in [0.717, 1.165) is 5.56 Å². The first-order chi connectivity index (χ1) is 8.02. The number of rotatable bonds is 4. The van der Waals surface area contributed by atoms with E-state index in [9.17, 15) is 9.59 Å². The number of esters is 1. The Morgan fingerprint density at radius 2 is 1.94 bits per heavy atom. The van der Waals surface area contributed by atoms with Crippen molar-refractivity contribution < 1.29 is 14.3 Å². The molecular weight excluding hydrogens is 242 g/mol. The lowest BCUT2D eigenvalue weighted by Crippen LogP contribution is -2.41. The number of ether oxygens (including phenoxy) is 1. The summed E-state index contributed by atoms with van der Waals surface area (Å²) < 4.78 is 4.63. The van der Waals surface area contributed by atoms with Gasteiger partial charge >= 0.3 is 5.97 Å². The van der Waals surface area contributed by atoms with Crippen molar-refractivity contribution in [2.75, 3.05) is 7.11 Å². The second kappa shape index (κ2) is 6.25. The monoisotopic (exact) mass is 255 g/mol. The van der Waals surface area contributed by atoms with Crippen molar-refractivity contribution >= 4 is 23.5 Å². The molecule has 4 nitrogen and oxygen atoms in total. The lowest BCUT2D eigenvalue weighted by Gasteiger charge is -2.15. The van der Waals surface area contributed by atoms with Crippen LogP contribution in [0, 0.1) is 0 Å². The summed E-state index contributed by atoms with van der Waals surface area (Å²) in [4.78, 5) is 22.4. The van der Waals surface area contributed by atoms with Crippen molar-refractivity contribution in [1.29, 1.82) is 0 Å². The van der Waals surface area contributed by atoms with E-state index in [0.29, 0.717) is 11.4 Å². The third-order valence-corrected chi connectivity index (χ3v) is 2.47. The van der Waals surface area contributed by atoms with Crippen LogP contribution in [-0.2, 0) is 20.7 Å². The van der Waals surface area contributed by atoms with Crippen LogP contribution in [0.1, 0.15) is 12.5 Å². The fourth-order valence-electron chi connectivity index (χ4n) is 1.44.